The number of ether oxygens (including phenoxy) is 1. The number of amides is 1. The van der Waals surface area contributed by atoms with E-state index < -0.39 is 0 Å². The molecular formula is C18H29N3O2. The van der Waals surface area contributed by atoms with Gasteiger partial charge in [0.1, 0.15) is 0 Å². The number of carbonyl (C=O) groups excluding carboxylic acids is 1. The number of benzene rings is 1. The lowest BCUT2D eigenvalue weighted by molar-refractivity contribution is -0.117. The second-order valence-electron chi connectivity index (χ2n) is 6.19. The van der Waals surface area contributed by atoms with E-state index in [-0.39, 0.29) is 5.91 Å². The Labute approximate surface area is 139 Å². The second kappa shape index (κ2) is 9.65. The third-order valence-electron chi connectivity index (χ3n) is 4.34. The molecule has 1 amide bonds. The maximum atomic E-state index is 12.1. The van der Waals surface area contributed by atoms with Gasteiger partial charge in [0.2, 0.25) is 5.91 Å². The molecule has 1 aliphatic heterocycles. The molecule has 0 spiro atoms. The lowest BCUT2D eigenvalue weighted by atomic mass is 10.0. The maximum Gasteiger partial charge on any atom is 0.238 e. The van der Waals surface area contributed by atoms with Crippen LogP contribution in [0.2, 0.25) is 0 Å². The first-order valence-electron chi connectivity index (χ1n) is 8.53. The molecule has 0 bridgehead atoms. The first-order chi connectivity index (χ1) is 11.2. The molecule has 128 valence electrons. The minimum absolute atomic E-state index is 0.0634. The highest BCUT2D eigenvalue weighted by Gasteiger charge is 2.22. The van der Waals surface area contributed by atoms with E-state index in [4.69, 9.17) is 4.74 Å². The van der Waals surface area contributed by atoms with E-state index in [2.05, 4.69) is 22.5 Å². The summed E-state index contributed by atoms with van der Waals surface area (Å²) in [6.07, 6.45) is 3.24. The predicted octanol–water partition coefficient (Wildman–Crippen LogP) is 2.10. The summed E-state index contributed by atoms with van der Waals surface area (Å²) in [6, 6.07) is 10.6. The van der Waals surface area contributed by atoms with Gasteiger partial charge >= 0.3 is 0 Å². The summed E-state index contributed by atoms with van der Waals surface area (Å²) in [5.41, 5.74) is 0.861. The molecule has 1 fully saturated rings. The van der Waals surface area contributed by atoms with Crippen molar-refractivity contribution in [2.75, 3.05) is 38.7 Å². The highest BCUT2D eigenvalue weighted by atomic mass is 16.5. The molecule has 0 aromatic heterocycles. The number of likely N-dealkylation sites (tertiary alicyclic amines) is 1. The van der Waals surface area contributed by atoms with Crippen molar-refractivity contribution in [2.24, 2.45) is 0 Å². The van der Waals surface area contributed by atoms with Gasteiger partial charge in [0, 0.05) is 38.0 Å². The lowest BCUT2D eigenvalue weighted by Gasteiger charge is -2.34. The Kier molecular flexibility index (Phi) is 7.52. The number of rotatable bonds is 8. The van der Waals surface area contributed by atoms with Gasteiger partial charge in [-0.3, -0.25) is 9.69 Å². The summed E-state index contributed by atoms with van der Waals surface area (Å²) in [5, 5.41) is 6.61. The van der Waals surface area contributed by atoms with Crippen LogP contribution in [0.1, 0.15) is 26.2 Å². The van der Waals surface area contributed by atoms with Crippen molar-refractivity contribution in [3.63, 3.8) is 0 Å². The van der Waals surface area contributed by atoms with Crippen molar-refractivity contribution in [1.29, 1.82) is 0 Å². The van der Waals surface area contributed by atoms with Crippen molar-refractivity contribution >= 4 is 11.6 Å². The van der Waals surface area contributed by atoms with Gasteiger partial charge in [-0.1, -0.05) is 25.1 Å². The number of hydrogen-bond donors (Lipinski definition) is 2. The van der Waals surface area contributed by atoms with Gasteiger partial charge in [-0.25, -0.2) is 0 Å². The third kappa shape index (κ3) is 6.29. The predicted molar refractivity (Wildman–Crippen MR) is 93.6 cm³/mol. The fourth-order valence-electron chi connectivity index (χ4n) is 3.00. The van der Waals surface area contributed by atoms with Crippen LogP contribution in [0.15, 0.2) is 30.3 Å². The number of hydrogen-bond acceptors (Lipinski definition) is 4. The zero-order chi connectivity index (χ0) is 16.5. The fraction of sp³-hybridized carbons (Fsp3) is 0.611. The van der Waals surface area contributed by atoms with Crippen LogP contribution in [0.25, 0.3) is 0 Å². The highest BCUT2D eigenvalue weighted by Crippen LogP contribution is 2.12. The molecule has 1 atom stereocenters. The van der Waals surface area contributed by atoms with Gasteiger partial charge in [-0.15, -0.1) is 0 Å². The number of carbonyl (C=O) groups is 1. The van der Waals surface area contributed by atoms with E-state index >= 15 is 0 Å². The number of anilines is 1. The highest BCUT2D eigenvalue weighted by molar-refractivity contribution is 5.92. The second-order valence-corrected chi connectivity index (χ2v) is 6.19. The van der Waals surface area contributed by atoms with Crippen LogP contribution in [0.5, 0.6) is 0 Å². The van der Waals surface area contributed by atoms with Crippen LogP contribution >= 0.6 is 0 Å². The van der Waals surface area contributed by atoms with Crippen molar-refractivity contribution < 1.29 is 9.53 Å². The van der Waals surface area contributed by atoms with Gasteiger partial charge in [0.25, 0.3) is 0 Å². The molecule has 1 aliphatic rings. The van der Waals surface area contributed by atoms with Crippen molar-refractivity contribution in [3.8, 4) is 0 Å². The maximum absolute atomic E-state index is 12.1. The van der Waals surface area contributed by atoms with E-state index in [0.29, 0.717) is 18.6 Å². The molecule has 0 radical (unpaired) electrons. The smallest absolute Gasteiger partial charge is 0.238 e. The van der Waals surface area contributed by atoms with Crippen molar-refractivity contribution in [3.05, 3.63) is 30.3 Å². The Hall–Kier alpha value is -1.43. The number of piperidine rings is 1. The molecular weight excluding hydrogens is 290 g/mol. The normalized spacial score (nSPS) is 17.8. The van der Waals surface area contributed by atoms with E-state index in [1.54, 1.807) is 7.11 Å². The standard InChI is InChI=1S/C18H29N3O2/c1-3-15(14-23-2)19-17-9-11-21(12-10-17)13-18(22)20-16-7-5-4-6-8-16/h4-8,15,17,19H,3,9-14H2,1-2H3,(H,20,22)/t15-/m0/s1. The van der Waals surface area contributed by atoms with E-state index in [9.17, 15) is 4.79 Å². The summed E-state index contributed by atoms with van der Waals surface area (Å²) in [6.45, 7) is 5.33. The Morgan fingerprint density at radius 2 is 2.00 bits per heavy atom. The fourth-order valence-corrected chi connectivity index (χ4v) is 3.00. The number of para-hydroxylation sites is 1. The Morgan fingerprint density at radius 3 is 2.61 bits per heavy atom. The molecule has 0 unspecified atom stereocenters. The Bertz CT molecular complexity index is 459. The molecule has 5 nitrogen and oxygen atoms in total. The zero-order valence-corrected chi connectivity index (χ0v) is 14.3. The van der Waals surface area contributed by atoms with Gasteiger partial charge in [-0.2, -0.15) is 0 Å². The lowest BCUT2D eigenvalue weighted by Crippen LogP contribution is -2.48. The average Bonchev–Trinajstić information content (AvgIpc) is 2.57. The number of nitrogens with zero attached hydrogens (tertiary/aromatic N) is 1. The average molecular weight is 319 g/mol. The molecule has 1 aromatic rings. The van der Waals surface area contributed by atoms with Gasteiger partial charge < -0.3 is 15.4 Å². The van der Waals surface area contributed by atoms with Gasteiger partial charge in [0.05, 0.1) is 13.2 Å². The molecule has 23 heavy (non-hydrogen) atoms. The summed E-state index contributed by atoms with van der Waals surface area (Å²) in [4.78, 5) is 14.3. The molecule has 2 N–H and O–H groups in total. The molecule has 1 saturated heterocycles. The monoisotopic (exact) mass is 319 g/mol. The van der Waals surface area contributed by atoms with E-state index in [1.165, 1.54) is 0 Å². The Morgan fingerprint density at radius 1 is 1.30 bits per heavy atom. The molecule has 5 heteroatoms. The van der Waals surface area contributed by atoms with Crippen molar-refractivity contribution in [1.82, 2.24) is 10.2 Å². The van der Waals surface area contributed by atoms with E-state index in [1.807, 2.05) is 30.3 Å². The zero-order valence-electron chi connectivity index (χ0n) is 14.3. The summed E-state index contributed by atoms with van der Waals surface area (Å²) in [5.74, 6) is 0.0634. The van der Waals surface area contributed by atoms with Crippen LogP contribution in [0.4, 0.5) is 5.69 Å². The molecule has 1 heterocycles. The molecule has 0 saturated carbocycles. The summed E-state index contributed by atoms with van der Waals surface area (Å²) in [7, 11) is 1.75. The largest absolute Gasteiger partial charge is 0.383 e. The minimum Gasteiger partial charge on any atom is -0.383 e. The quantitative estimate of drug-likeness (QED) is 0.770. The Balaban J connectivity index is 1.69. The van der Waals surface area contributed by atoms with Crippen LogP contribution in [0, 0.1) is 0 Å². The van der Waals surface area contributed by atoms with Crippen LogP contribution in [-0.2, 0) is 9.53 Å². The number of nitrogens with one attached hydrogen (secondary N) is 2. The first kappa shape index (κ1) is 17.9. The topological polar surface area (TPSA) is 53.6 Å². The van der Waals surface area contributed by atoms with Gasteiger partial charge in [0.15, 0.2) is 0 Å². The minimum atomic E-state index is 0.0634. The molecule has 1 aromatic carbocycles. The van der Waals surface area contributed by atoms with Crippen LogP contribution < -0.4 is 10.6 Å². The third-order valence-corrected chi connectivity index (χ3v) is 4.34. The van der Waals surface area contributed by atoms with E-state index in [0.717, 1.165) is 44.6 Å². The van der Waals surface area contributed by atoms with Gasteiger partial charge in [-0.05, 0) is 31.4 Å². The summed E-state index contributed by atoms with van der Waals surface area (Å²) >= 11 is 0. The number of methoxy groups -OCH3 is 1. The van der Waals surface area contributed by atoms with Crippen molar-refractivity contribution in [2.45, 2.75) is 38.3 Å². The SMILES string of the molecule is CC[C@@H](COC)NC1CCN(CC(=O)Nc2ccccc2)CC1. The summed E-state index contributed by atoms with van der Waals surface area (Å²) < 4.78 is 5.24. The first-order valence-corrected chi connectivity index (χ1v) is 8.53. The molecule has 0 aliphatic carbocycles. The van der Waals surface area contributed by atoms with Crippen LogP contribution in [-0.4, -0.2) is 56.2 Å². The molecule has 2 rings (SSSR count). The van der Waals surface area contributed by atoms with Crippen LogP contribution in [0.3, 0.4) is 0 Å².